The molecule has 3 rings (SSSR count). The van der Waals surface area contributed by atoms with Crippen molar-refractivity contribution in [3.05, 3.63) is 52.9 Å². The second-order valence-electron chi connectivity index (χ2n) is 5.07. The number of benzene rings is 2. The lowest BCUT2D eigenvalue weighted by Crippen LogP contribution is -1.98. The second kappa shape index (κ2) is 7.69. The number of rotatable bonds is 6. The Labute approximate surface area is 150 Å². The Bertz CT molecular complexity index is 814. The van der Waals surface area contributed by atoms with Gasteiger partial charge in [0, 0.05) is 21.5 Å². The lowest BCUT2D eigenvalue weighted by molar-refractivity contribution is 0.288. The van der Waals surface area contributed by atoms with E-state index in [0.717, 1.165) is 38.4 Å². The molecule has 1 aromatic heterocycles. The fourth-order valence-corrected chi connectivity index (χ4v) is 3.30. The summed E-state index contributed by atoms with van der Waals surface area (Å²) < 4.78 is 11.3. The Morgan fingerprint density at radius 1 is 0.917 bits per heavy atom. The van der Waals surface area contributed by atoms with Crippen LogP contribution in [0.4, 0.5) is 0 Å². The van der Waals surface area contributed by atoms with Gasteiger partial charge in [-0.05, 0) is 44.2 Å². The highest BCUT2D eigenvalue weighted by Crippen LogP contribution is 2.35. The second-order valence-corrected chi connectivity index (χ2v) is 6.37. The summed E-state index contributed by atoms with van der Waals surface area (Å²) in [5.74, 6) is 1.51. The lowest BCUT2D eigenvalue weighted by Gasteiger charge is -2.11. The van der Waals surface area contributed by atoms with E-state index in [4.69, 9.17) is 26.1 Å². The molecule has 0 fully saturated rings. The smallest absolute Gasteiger partial charge is 0.161 e. The molecule has 0 atom stereocenters. The maximum absolute atomic E-state index is 5.94. The number of halogens is 1. The first-order valence-corrected chi connectivity index (χ1v) is 9.08. The zero-order chi connectivity index (χ0) is 16.9. The highest BCUT2D eigenvalue weighted by Gasteiger charge is 2.11. The number of aromatic nitrogens is 1. The largest absolute Gasteiger partial charge is 0.490 e. The van der Waals surface area contributed by atoms with Gasteiger partial charge in [-0.3, -0.25) is 0 Å². The van der Waals surface area contributed by atoms with Crippen molar-refractivity contribution in [2.45, 2.75) is 13.8 Å². The normalized spacial score (nSPS) is 10.6. The molecule has 0 saturated carbocycles. The van der Waals surface area contributed by atoms with Crippen LogP contribution in [-0.4, -0.2) is 18.2 Å². The summed E-state index contributed by atoms with van der Waals surface area (Å²) in [5.41, 5.74) is 3.02. The van der Waals surface area contributed by atoms with Crippen molar-refractivity contribution in [2.75, 3.05) is 13.2 Å². The molecule has 0 aliphatic carbocycles. The summed E-state index contributed by atoms with van der Waals surface area (Å²) in [5, 5.41) is 3.72. The van der Waals surface area contributed by atoms with Crippen LogP contribution in [0.2, 0.25) is 5.02 Å². The Balaban J connectivity index is 1.91. The van der Waals surface area contributed by atoms with E-state index in [1.165, 1.54) is 0 Å². The zero-order valence-electron chi connectivity index (χ0n) is 13.6. The molecular weight excluding hydrogens is 342 g/mol. The van der Waals surface area contributed by atoms with Crippen LogP contribution in [0, 0.1) is 0 Å². The molecule has 5 heteroatoms. The van der Waals surface area contributed by atoms with Crippen molar-refractivity contribution in [1.29, 1.82) is 0 Å². The number of ether oxygens (including phenoxy) is 2. The number of thiazole rings is 1. The third kappa shape index (κ3) is 3.71. The molecule has 0 aliphatic heterocycles. The van der Waals surface area contributed by atoms with Gasteiger partial charge < -0.3 is 9.47 Å². The maximum Gasteiger partial charge on any atom is 0.161 e. The highest BCUT2D eigenvalue weighted by molar-refractivity contribution is 7.13. The van der Waals surface area contributed by atoms with E-state index < -0.39 is 0 Å². The molecule has 0 spiro atoms. The maximum atomic E-state index is 5.94. The quantitative estimate of drug-likeness (QED) is 0.546. The fraction of sp³-hybridized carbons (Fsp3) is 0.211. The van der Waals surface area contributed by atoms with Crippen LogP contribution in [0.25, 0.3) is 21.8 Å². The van der Waals surface area contributed by atoms with Crippen molar-refractivity contribution in [3.8, 4) is 33.3 Å². The Morgan fingerprint density at radius 3 is 2.29 bits per heavy atom. The van der Waals surface area contributed by atoms with E-state index in [2.05, 4.69) is 5.38 Å². The van der Waals surface area contributed by atoms with Gasteiger partial charge in [0.25, 0.3) is 0 Å². The van der Waals surface area contributed by atoms with Gasteiger partial charge in [0.2, 0.25) is 0 Å². The van der Waals surface area contributed by atoms with Crippen molar-refractivity contribution >= 4 is 22.9 Å². The molecule has 0 radical (unpaired) electrons. The molecular formula is C19H18ClNO2S. The third-order valence-electron chi connectivity index (χ3n) is 3.43. The van der Waals surface area contributed by atoms with Crippen LogP contribution >= 0.6 is 22.9 Å². The van der Waals surface area contributed by atoms with Crippen LogP contribution in [0.3, 0.4) is 0 Å². The zero-order valence-corrected chi connectivity index (χ0v) is 15.2. The Morgan fingerprint density at radius 2 is 1.58 bits per heavy atom. The van der Waals surface area contributed by atoms with E-state index in [9.17, 15) is 0 Å². The standard InChI is InChI=1S/C19H18ClNO2S/c1-3-22-17-10-7-14(11-18(17)23-4-2)19-21-16(12-24-19)13-5-8-15(20)9-6-13/h5-12H,3-4H2,1-2H3. The third-order valence-corrected chi connectivity index (χ3v) is 4.58. The van der Waals surface area contributed by atoms with Crippen LogP contribution in [0.15, 0.2) is 47.8 Å². The van der Waals surface area contributed by atoms with Crippen molar-refractivity contribution in [3.63, 3.8) is 0 Å². The molecule has 0 unspecified atom stereocenters. The monoisotopic (exact) mass is 359 g/mol. The van der Waals surface area contributed by atoms with Crippen LogP contribution in [0.1, 0.15) is 13.8 Å². The summed E-state index contributed by atoms with van der Waals surface area (Å²) in [7, 11) is 0. The molecule has 0 bridgehead atoms. The van der Waals surface area contributed by atoms with Gasteiger partial charge in [0.15, 0.2) is 11.5 Å². The first-order valence-electron chi connectivity index (χ1n) is 7.82. The first kappa shape index (κ1) is 16.8. The minimum absolute atomic E-state index is 0.595. The summed E-state index contributed by atoms with van der Waals surface area (Å²) in [6.07, 6.45) is 0. The van der Waals surface area contributed by atoms with E-state index in [0.29, 0.717) is 13.2 Å². The molecule has 0 aliphatic rings. The van der Waals surface area contributed by atoms with Crippen molar-refractivity contribution < 1.29 is 9.47 Å². The SMILES string of the molecule is CCOc1ccc(-c2nc(-c3ccc(Cl)cc3)cs2)cc1OCC. The minimum atomic E-state index is 0.595. The summed E-state index contributed by atoms with van der Waals surface area (Å²) >= 11 is 7.55. The number of hydrogen-bond acceptors (Lipinski definition) is 4. The predicted octanol–water partition coefficient (Wildman–Crippen LogP) is 5.93. The predicted molar refractivity (Wildman–Crippen MR) is 100 cm³/mol. The molecule has 3 aromatic rings. The fourth-order valence-electron chi connectivity index (χ4n) is 2.34. The van der Waals surface area contributed by atoms with Gasteiger partial charge in [-0.2, -0.15) is 0 Å². The van der Waals surface area contributed by atoms with Gasteiger partial charge in [-0.1, -0.05) is 23.7 Å². The molecule has 0 amide bonds. The van der Waals surface area contributed by atoms with E-state index in [1.807, 2.05) is 56.3 Å². The highest BCUT2D eigenvalue weighted by atomic mass is 35.5. The minimum Gasteiger partial charge on any atom is -0.490 e. The summed E-state index contributed by atoms with van der Waals surface area (Å²) in [4.78, 5) is 4.74. The number of nitrogens with zero attached hydrogens (tertiary/aromatic N) is 1. The van der Waals surface area contributed by atoms with E-state index in [1.54, 1.807) is 11.3 Å². The van der Waals surface area contributed by atoms with Crippen LogP contribution < -0.4 is 9.47 Å². The Kier molecular flexibility index (Phi) is 5.38. The summed E-state index contributed by atoms with van der Waals surface area (Å²) in [6, 6.07) is 13.6. The molecule has 0 saturated heterocycles. The molecule has 2 aromatic carbocycles. The summed E-state index contributed by atoms with van der Waals surface area (Å²) in [6.45, 7) is 5.13. The lowest BCUT2D eigenvalue weighted by atomic mass is 10.2. The molecule has 1 heterocycles. The van der Waals surface area contributed by atoms with Gasteiger partial charge >= 0.3 is 0 Å². The Hall–Kier alpha value is -2.04. The van der Waals surface area contributed by atoms with E-state index in [-0.39, 0.29) is 0 Å². The van der Waals surface area contributed by atoms with Crippen molar-refractivity contribution in [1.82, 2.24) is 4.98 Å². The average molecular weight is 360 g/mol. The van der Waals surface area contributed by atoms with Gasteiger partial charge in [0.05, 0.1) is 18.9 Å². The molecule has 124 valence electrons. The number of hydrogen-bond donors (Lipinski definition) is 0. The topological polar surface area (TPSA) is 31.4 Å². The van der Waals surface area contributed by atoms with Gasteiger partial charge in [0.1, 0.15) is 5.01 Å². The van der Waals surface area contributed by atoms with E-state index >= 15 is 0 Å². The molecule has 24 heavy (non-hydrogen) atoms. The van der Waals surface area contributed by atoms with Gasteiger partial charge in [-0.15, -0.1) is 11.3 Å². The first-order chi connectivity index (χ1) is 11.7. The van der Waals surface area contributed by atoms with Crippen molar-refractivity contribution in [2.24, 2.45) is 0 Å². The van der Waals surface area contributed by atoms with Gasteiger partial charge in [-0.25, -0.2) is 4.98 Å². The molecule has 3 nitrogen and oxygen atoms in total. The van der Waals surface area contributed by atoms with Crippen LogP contribution in [-0.2, 0) is 0 Å². The van der Waals surface area contributed by atoms with Crippen LogP contribution in [0.5, 0.6) is 11.5 Å². The average Bonchev–Trinajstić information content (AvgIpc) is 3.07. The molecule has 0 N–H and O–H groups in total.